The number of benzene rings is 1. The summed E-state index contributed by atoms with van der Waals surface area (Å²) in [6.07, 6.45) is 1.39. The number of amides is 1. The first-order valence-corrected chi connectivity index (χ1v) is 6.03. The van der Waals surface area contributed by atoms with Gasteiger partial charge in [0.05, 0.1) is 0 Å². The highest BCUT2D eigenvalue weighted by atomic mass is 19.1. The molecule has 1 heterocycles. The van der Waals surface area contributed by atoms with E-state index in [0.29, 0.717) is 0 Å². The zero-order chi connectivity index (χ0) is 15.6. The van der Waals surface area contributed by atoms with Crippen LogP contribution >= 0.6 is 0 Å². The van der Waals surface area contributed by atoms with Gasteiger partial charge in [-0.05, 0) is 30.7 Å². The third-order valence-electron chi connectivity index (χ3n) is 2.91. The van der Waals surface area contributed by atoms with E-state index >= 15 is 0 Å². The SMILES string of the molecule is Cc1ccc(F)c(NC(=O)Cn2cccc2C(=O)O)c1F. The Kier molecular flexibility index (Phi) is 4.02. The Morgan fingerprint density at radius 2 is 2.00 bits per heavy atom. The minimum Gasteiger partial charge on any atom is -0.477 e. The van der Waals surface area contributed by atoms with E-state index in [-0.39, 0.29) is 17.8 Å². The van der Waals surface area contributed by atoms with Crippen LogP contribution in [0, 0.1) is 18.6 Å². The summed E-state index contributed by atoms with van der Waals surface area (Å²) in [4.78, 5) is 22.7. The lowest BCUT2D eigenvalue weighted by Crippen LogP contribution is -2.22. The Hall–Kier alpha value is -2.70. The lowest BCUT2D eigenvalue weighted by atomic mass is 10.2. The molecule has 0 saturated heterocycles. The molecule has 7 heteroatoms. The van der Waals surface area contributed by atoms with Crippen molar-refractivity contribution in [1.82, 2.24) is 4.57 Å². The second-order valence-corrected chi connectivity index (χ2v) is 4.43. The van der Waals surface area contributed by atoms with E-state index in [1.165, 1.54) is 35.9 Å². The van der Waals surface area contributed by atoms with Gasteiger partial charge in [-0.3, -0.25) is 4.79 Å². The number of aromatic carboxylic acids is 1. The molecule has 0 aliphatic carbocycles. The molecule has 0 saturated carbocycles. The number of rotatable bonds is 4. The Balaban J connectivity index is 2.18. The third kappa shape index (κ3) is 3.07. The van der Waals surface area contributed by atoms with E-state index in [1.807, 2.05) is 0 Å². The van der Waals surface area contributed by atoms with E-state index in [1.54, 1.807) is 0 Å². The molecule has 0 fully saturated rings. The highest BCUT2D eigenvalue weighted by Gasteiger charge is 2.16. The standard InChI is InChI=1S/C14H12F2N2O3/c1-8-4-5-9(15)13(12(8)16)17-11(19)7-18-6-2-3-10(18)14(20)21/h2-6H,7H2,1H3,(H,17,19)(H,20,21). The molecule has 1 amide bonds. The molecular weight excluding hydrogens is 282 g/mol. The Labute approximate surface area is 118 Å². The second-order valence-electron chi connectivity index (χ2n) is 4.43. The minimum atomic E-state index is -1.19. The molecule has 1 aromatic carbocycles. The van der Waals surface area contributed by atoms with Gasteiger partial charge in [-0.25, -0.2) is 13.6 Å². The van der Waals surface area contributed by atoms with Crippen LogP contribution in [0.1, 0.15) is 16.1 Å². The molecule has 0 atom stereocenters. The number of nitrogens with one attached hydrogen (secondary N) is 1. The second kappa shape index (κ2) is 5.74. The maximum Gasteiger partial charge on any atom is 0.352 e. The Morgan fingerprint density at radius 1 is 1.29 bits per heavy atom. The molecule has 2 aromatic rings. The largest absolute Gasteiger partial charge is 0.477 e. The molecule has 21 heavy (non-hydrogen) atoms. The van der Waals surface area contributed by atoms with Crippen LogP contribution in [0.2, 0.25) is 0 Å². The molecule has 0 radical (unpaired) electrons. The number of aryl methyl sites for hydroxylation is 1. The molecule has 1 aromatic heterocycles. The summed E-state index contributed by atoms with van der Waals surface area (Å²) in [6.45, 7) is 1.08. The summed E-state index contributed by atoms with van der Waals surface area (Å²) >= 11 is 0. The summed E-state index contributed by atoms with van der Waals surface area (Å²) in [5.41, 5.74) is -0.432. The predicted octanol–water partition coefficient (Wildman–Crippen LogP) is 2.41. The van der Waals surface area contributed by atoms with Gasteiger partial charge < -0.3 is 15.0 Å². The topological polar surface area (TPSA) is 71.3 Å². The van der Waals surface area contributed by atoms with E-state index < -0.39 is 29.2 Å². The Morgan fingerprint density at radius 3 is 2.67 bits per heavy atom. The zero-order valence-corrected chi connectivity index (χ0v) is 11.1. The zero-order valence-electron chi connectivity index (χ0n) is 11.1. The van der Waals surface area contributed by atoms with Crippen molar-refractivity contribution in [3.63, 3.8) is 0 Å². The van der Waals surface area contributed by atoms with Crippen LogP contribution in [0.5, 0.6) is 0 Å². The molecule has 0 aliphatic rings. The van der Waals surface area contributed by atoms with Crippen LogP contribution < -0.4 is 5.32 Å². The number of hydrogen-bond donors (Lipinski definition) is 2. The number of hydrogen-bond acceptors (Lipinski definition) is 2. The van der Waals surface area contributed by atoms with Gasteiger partial charge in [0.2, 0.25) is 5.91 Å². The first kappa shape index (κ1) is 14.7. The first-order valence-electron chi connectivity index (χ1n) is 6.03. The summed E-state index contributed by atoms with van der Waals surface area (Å²) < 4.78 is 28.4. The van der Waals surface area contributed by atoms with Crippen molar-refractivity contribution in [2.45, 2.75) is 13.5 Å². The van der Waals surface area contributed by atoms with Crippen LogP contribution in [0.15, 0.2) is 30.5 Å². The number of aromatic nitrogens is 1. The van der Waals surface area contributed by atoms with Crippen LogP contribution in [0.4, 0.5) is 14.5 Å². The molecule has 5 nitrogen and oxygen atoms in total. The van der Waals surface area contributed by atoms with Gasteiger partial charge in [0, 0.05) is 6.20 Å². The molecule has 0 bridgehead atoms. The number of carbonyl (C=O) groups excluding carboxylic acids is 1. The van der Waals surface area contributed by atoms with E-state index in [2.05, 4.69) is 5.32 Å². The monoisotopic (exact) mass is 294 g/mol. The first-order chi connectivity index (χ1) is 9.90. The predicted molar refractivity (Wildman–Crippen MR) is 71.1 cm³/mol. The quantitative estimate of drug-likeness (QED) is 0.909. The highest BCUT2D eigenvalue weighted by Crippen LogP contribution is 2.21. The molecule has 0 unspecified atom stereocenters. The average molecular weight is 294 g/mol. The van der Waals surface area contributed by atoms with Gasteiger partial charge in [0.1, 0.15) is 23.7 Å². The van der Waals surface area contributed by atoms with Crippen LogP contribution in [0.25, 0.3) is 0 Å². The van der Waals surface area contributed by atoms with E-state index in [0.717, 1.165) is 6.07 Å². The van der Waals surface area contributed by atoms with Crippen molar-refractivity contribution in [1.29, 1.82) is 0 Å². The van der Waals surface area contributed by atoms with Crippen molar-refractivity contribution in [3.8, 4) is 0 Å². The van der Waals surface area contributed by atoms with Gasteiger partial charge in [-0.1, -0.05) is 6.07 Å². The van der Waals surface area contributed by atoms with Crippen molar-refractivity contribution in [2.75, 3.05) is 5.32 Å². The number of carbonyl (C=O) groups is 2. The number of carboxylic acid groups (broad SMARTS) is 1. The fourth-order valence-electron chi connectivity index (χ4n) is 1.85. The molecule has 2 rings (SSSR count). The highest BCUT2D eigenvalue weighted by molar-refractivity contribution is 5.92. The van der Waals surface area contributed by atoms with Gasteiger partial charge in [0.15, 0.2) is 5.82 Å². The molecular formula is C14H12F2N2O3. The lowest BCUT2D eigenvalue weighted by Gasteiger charge is -2.10. The van der Waals surface area contributed by atoms with Crippen LogP contribution in [-0.2, 0) is 11.3 Å². The number of halogens is 2. The smallest absolute Gasteiger partial charge is 0.352 e. The van der Waals surface area contributed by atoms with Crippen molar-refractivity contribution in [2.24, 2.45) is 0 Å². The van der Waals surface area contributed by atoms with Gasteiger partial charge >= 0.3 is 5.97 Å². The average Bonchev–Trinajstić information content (AvgIpc) is 2.87. The van der Waals surface area contributed by atoms with Gasteiger partial charge in [-0.2, -0.15) is 0 Å². The number of carboxylic acids is 1. The molecule has 110 valence electrons. The molecule has 0 spiro atoms. The fourth-order valence-corrected chi connectivity index (χ4v) is 1.85. The van der Waals surface area contributed by atoms with Crippen molar-refractivity contribution in [3.05, 3.63) is 53.4 Å². The summed E-state index contributed by atoms with van der Waals surface area (Å²) in [5.74, 6) is -3.66. The van der Waals surface area contributed by atoms with E-state index in [9.17, 15) is 18.4 Å². The van der Waals surface area contributed by atoms with Crippen molar-refractivity contribution < 1.29 is 23.5 Å². The summed E-state index contributed by atoms with van der Waals surface area (Å²) in [5, 5.41) is 11.0. The fraction of sp³-hybridized carbons (Fsp3) is 0.143. The van der Waals surface area contributed by atoms with E-state index in [4.69, 9.17) is 5.11 Å². The summed E-state index contributed by atoms with van der Waals surface area (Å²) in [7, 11) is 0. The van der Waals surface area contributed by atoms with Crippen LogP contribution in [-0.4, -0.2) is 21.6 Å². The van der Waals surface area contributed by atoms with Gasteiger partial charge in [0.25, 0.3) is 0 Å². The maximum atomic E-state index is 13.8. The number of anilines is 1. The third-order valence-corrected chi connectivity index (χ3v) is 2.91. The molecule has 2 N–H and O–H groups in total. The minimum absolute atomic E-state index is 0.0877. The van der Waals surface area contributed by atoms with Crippen molar-refractivity contribution >= 4 is 17.6 Å². The number of nitrogens with zero attached hydrogens (tertiary/aromatic N) is 1. The summed E-state index contributed by atoms with van der Waals surface area (Å²) in [6, 6.07) is 5.09. The van der Waals surface area contributed by atoms with Gasteiger partial charge in [-0.15, -0.1) is 0 Å². The molecule has 0 aliphatic heterocycles. The lowest BCUT2D eigenvalue weighted by molar-refractivity contribution is -0.116. The van der Waals surface area contributed by atoms with Crippen LogP contribution in [0.3, 0.4) is 0 Å². The Bertz CT molecular complexity index is 710. The maximum absolute atomic E-state index is 13.8. The normalized spacial score (nSPS) is 10.4.